The molecule has 0 unspecified atom stereocenters. The van der Waals surface area contributed by atoms with E-state index in [1.165, 1.54) is 36.5 Å². The van der Waals surface area contributed by atoms with Gasteiger partial charge in [0.2, 0.25) is 0 Å². The standard InChI is InChI=1S/C29H32N4O2.C15H18ClN3O2.C14H15N/c1-21(2)27(29(34)35-3)32-28-24-16-10-11-17-25(24)30-26(31-28)20-33(18-22-12-6-4-7-13-22)19-23-14-8-5-9-15-23;1-9(2)13(15(20)21-3)19-14-10-6-4-5-7-11(10)17-12(8-16)18-14;1-3-7-13(8-4-1)11-15-12-14-9-5-2-6-10-14/h4-17,21,27H,18-20H2,1-3H3,(H,30,31,32);4-7,9,13H,8H2,1-3H3,(H,17,18,19);1-10,15H,11-12H2/t27-;13-;/m00./s1. The minimum Gasteiger partial charge on any atom is -0.467 e. The van der Waals surface area contributed by atoms with Crippen molar-refractivity contribution < 1.29 is 19.1 Å². The van der Waals surface area contributed by atoms with Crippen molar-refractivity contribution in [3.8, 4) is 0 Å². The lowest BCUT2D eigenvalue weighted by Crippen LogP contribution is -2.36. The molecule has 3 N–H and O–H groups in total. The summed E-state index contributed by atoms with van der Waals surface area (Å²) in [6, 6.07) is 56.2. The van der Waals surface area contributed by atoms with E-state index in [0.29, 0.717) is 29.8 Å². The molecule has 2 aromatic heterocycles. The molecule has 8 rings (SSSR count). The molecule has 2 heterocycles. The second-order valence-corrected chi connectivity index (χ2v) is 17.9. The van der Waals surface area contributed by atoms with Gasteiger partial charge >= 0.3 is 11.9 Å². The van der Waals surface area contributed by atoms with E-state index in [9.17, 15) is 9.59 Å². The number of esters is 2. The third-order valence-corrected chi connectivity index (χ3v) is 11.7. The van der Waals surface area contributed by atoms with Gasteiger partial charge in [-0.25, -0.2) is 29.5 Å². The molecule has 8 aromatic rings. The third kappa shape index (κ3) is 16.4. The van der Waals surface area contributed by atoms with Gasteiger partial charge in [0.1, 0.15) is 35.4 Å². The van der Waals surface area contributed by atoms with E-state index in [1.807, 2.05) is 100 Å². The van der Waals surface area contributed by atoms with Crippen LogP contribution in [0.3, 0.4) is 0 Å². The van der Waals surface area contributed by atoms with E-state index in [4.69, 9.17) is 31.0 Å². The zero-order valence-electron chi connectivity index (χ0n) is 41.5. The first-order valence-electron chi connectivity index (χ1n) is 23.9. The third-order valence-electron chi connectivity index (χ3n) is 11.5. The van der Waals surface area contributed by atoms with Crippen LogP contribution in [0.5, 0.6) is 0 Å². The Labute approximate surface area is 423 Å². The van der Waals surface area contributed by atoms with Crippen LogP contribution >= 0.6 is 11.6 Å². The molecule has 0 spiro atoms. The van der Waals surface area contributed by atoms with Crippen LogP contribution < -0.4 is 16.0 Å². The molecule has 0 radical (unpaired) electrons. The van der Waals surface area contributed by atoms with Crippen molar-refractivity contribution in [2.45, 2.75) is 78.4 Å². The summed E-state index contributed by atoms with van der Waals surface area (Å²) in [5.74, 6) is 2.14. The van der Waals surface area contributed by atoms with Crippen LogP contribution in [0.25, 0.3) is 21.8 Å². The van der Waals surface area contributed by atoms with E-state index in [2.05, 4.69) is 128 Å². The number of methoxy groups -OCH3 is 2. The zero-order chi connectivity index (χ0) is 50.4. The Balaban J connectivity index is 0.000000193. The van der Waals surface area contributed by atoms with Gasteiger partial charge in [0.25, 0.3) is 0 Å². The molecule has 0 saturated carbocycles. The van der Waals surface area contributed by atoms with E-state index in [1.54, 1.807) is 0 Å². The minimum atomic E-state index is -0.504. The lowest BCUT2D eigenvalue weighted by atomic mass is 10.0. The number of hydrogen-bond acceptors (Lipinski definition) is 12. The van der Waals surface area contributed by atoms with E-state index in [0.717, 1.165) is 48.0 Å². The average Bonchev–Trinajstić information content (AvgIpc) is 3.40. The van der Waals surface area contributed by atoms with Gasteiger partial charge in [0, 0.05) is 37.0 Å². The molecule has 0 aliphatic heterocycles. The minimum absolute atomic E-state index is 0.0345. The smallest absolute Gasteiger partial charge is 0.328 e. The van der Waals surface area contributed by atoms with E-state index < -0.39 is 12.1 Å². The predicted octanol–water partition coefficient (Wildman–Crippen LogP) is 11.4. The quantitative estimate of drug-likeness (QED) is 0.0524. The Morgan fingerprint density at radius 2 is 0.831 bits per heavy atom. The number of aromatic nitrogens is 4. The summed E-state index contributed by atoms with van der Waals surface area (Å²) in [7, 11) is 2.79. The molecule has 0 amide bonds. The largest absolute Gasteiger partial charge is 0.467 e. The summed E-state index contributed by atoms with van der Waals surface area (Å²) in [6.07, 6.45) is 0. The van der Waals surface area contributed by atoms with Crippen molar-refractivity contribution in [3.05, 3.63) is 204 Å². The molecule has 12 nitrogen and oxygen atoms in total. The number of para-hydroxylation sites is 2. The van der Waals surface area contributed by atoms with Crippen LogP contribution in [-0.4, -0.2) is 63.1 Å². The van der Waals surface area contributed by atoms with Gasteiger partial charge in [0.15, 0.2) is 0 Å². The summed E-state index contributed by atoms with van der Waals surface area (Å²) in [4.78, 5) is 45.2. The number of ether oxygens (including phenoxy) is 2. The number of nitrogens with zero attached hydrogens (tertiary/aromatic N) is 5. The molecule has 6 aromatic carbocycles. The topological polar surface area (TPSA) is 143 Å². The maximum Gasteiger partial charge on any atom is 0.328 e. The highest BCUT2D eigenvalue weighted by atomic mass is 35.5. The van der Waals surface area contributed by atoms with Gasteiger partial charge in [-0.1, -0.05) is 173 Å². The van der Waals surface area contributed by atoms with Crippen LogP contribution in [0.1, 0.15) is 61.6 Å². The van der Waals surface area contributed by atoms with Gasteiger partial charge in [-0.2, -0.15) is 0 Å². The Bertz CT molecular complexity index is 2780. The fourth-order valence-corrected chi connectivity index (χ4v) is 7.86. The second-order valence-electron chi connectivity index (χ2n) is 17.6. The number of hydrogen-bond donors (Lipinski definition) is 3. The first-order valence-corrected chi connectivity index (χ1v) is 24.4. The van der Waals surface area contributed by atoms with Crippen molar-refractivity contribution in [3.63, 3.8) is 0 Å². The van der Waals surface area contributed by atoms with Crippen molar-refractivity contribution in [2.24, 2.45) is 11.8 Å². The summed E-state index contributed by atoms with van der Waals surface area (Å²) in [6.45, 7) is 11.8. The molecule has 13 heteroatoms. The summed E-state index contributed by atoms with van der Waals surface area (Å²) in [5.41, 5.74) is 6.74. The molecule has 2 atom stereocenters. The summed E-state index contributed by atoms with van der Waals surface area (Å²) < 4.78 is 9.88. The first-order chi connectivity index (χ1) is 34.5. The maximum atomic E-state index is 12.4. The number of anilines is 2. The number of halogens is 1. The molecule has 71 heavy (non-hydrogen) atoms. The number of rotatable bonds is 19. The molecule has 0 bridgehead atoms. The van der Waals surface area contributed by atoms with E-state index >= 15 is 0 Å². The van der Waals surface area contributed by atoms with Crippen LogP contribution in [0.2, 0.25) is 0 Å². The SMILES string of the molecule is COC(=O)[C@@H](Nc1nc(CCl)nc2ccccc12)C(C)C.COC(=O)[C@@H](Nc1nc(CN(Cc2ccccc2)Cc2ccccc2)nc2ccccc12)C(C)C.c1ccc(CNCc2ccccc2)cc1. The van der Waals surface area contributed by atoms with Crippen LogP contribution in [0.4, 0.5) is 11.6 Å². The molecule has 0 fully saturated rings. The van der Waals surface area contributed by atoms with Gasteiger partial charge in [-0.15, -0.1) is 11.6 Å². The normalized spacial score (nSPS) is 11.8. The highest BCUT2D eigenvalue weighted by Crippen LogP contribution is 2.25. The predicted molar refractivity (Wildman–Crippen MR) is 286 cm³/mol. The fraction of sp³-hybridized carbons (Fsp3) is 0.276. The van der Waals surface area contributed by atoms with Crippen LogP contribution in [0.15, 0.2) is 170 Å². The number of benzene rings is 6. The Kier molecular flexibility index (Phi) is 20.8. The fourth-order valence-electron chi connectivity index (χ4n) is 7.74. The molecule has 0 saturated heterocycles. The summed E-state index contributed by atoms with van der Waals surface area (Å²) >= 11 is 5.84. The van der Waals surface area contributed by atoms with Gasteiger partial charge < -0.3 is 25.4 Å². The number of carbonyl (C=O) groups is 2. The number of nitrogens with one attached hydrogen (secondary N) is 3. The average molecular weight is 974 g/mol. The van der Waals surface area contributed by atoms with Crippen LogP contribution in [-0.2, 0) is 57.7 Å². The number of fused-ring (bicyclic) bond motifs is 2. The van der Waals surface area contributed by atoms with Gasteiger partial charge in [0.05, 0.1) is 37.7 Å². The Hall–Kier alpha value is -7.25. The number of alkyl halides is 1. The molecule has 0 aliphatic rings. The lowest BCUT2D eigenvalue weighted by molar-refractivity contribution is -0.143. The Morgan fingerprint density at radius 1 is 0.479 bits per heavy atom. The molecule has 0 aliphatic carbocycles. The monoisotopic (exact) mass is 972 g/mol. The van der Waals surface area contributed by atoms with Crippen molar-refractivity contribution in [2.75, 3.05) is 24.9 Å². The molecular formula is C58H65ClN8O4. The van der Waals surface area contributed by atoms with Crippen molar-refractivity contribution in [1.29, 1.82) is 0 Å². The lowest BCUT2D eigenvalue weighted by Gasteiger charge is -2.24. The van der Waals surface area contributed by atoms with E-state index in [-0.39, 0.29) is 29.7 Å². The van der Waals surface area contributed by atoms with Crippen LogP contribution in [0, 0.1) is 11.8 Å². The summed E-state index contributed by atoms with van der Waals surface area (Å²) in [5, 5.41) is 11.6. The first kappa shape index (κ1) is 53.1. The highest BCUT2D eigenvalue weighted by Gasteiger charge is 2.26. The highest BCUT2D eigenvalue weighted by molar-refractivity contribution is 6.16. The van der Waals surface area contributed by atoms with Gasteiger partial charge in [-0.3, -0.25) is 4.90 Å². The van der Waals surface area contributed by atoms with Gasteiger partial charge in [-0.05, 0) is 58.4 Å². The number of carbonyl (C=O) groups excluding carboxylic acids is 2. The molecular weight excluding hydrogens is 908 g/mol. The zero-order valence-corrected chi connectivity index (χ0v) is 42.2. The second kappa shape index (κ2) is 27.8. The van der Waals surface area contributed by atoms with Crippen molar-refractivity contribution in [1.82, 2.24) is 30.2 Å². The Morgan fingerprint density at radius 3 is 1.21 bits per heavy atom. The maximum absolute atomic E-state index is 12.4. The molecule has 368 valence electrons. The van der Waals surface area contributed by atoms with Crippen molar-refractivity contribution >= 4 is 57.0 Å².